The number of nitrogens with one attached hydrogen (secondary N) is 1. The van der Waals surface area contributed by atoms with Gasteiger partial charge in [-0.3, -0.25) is 9.59 Å². The normalized spacial score (nSPS) is 11.6. The molecule has 0 spiro atoms. The first-order valence-corrected chi connectivity index (χ1v) is 5.68. The largest absolute Gasteiger partial charge is 0.390 e. The molecule has 0 aliphatic carbocycles. The summed E-state index contributed by atoms with van der Waals surface area (Å²) in [4.78, 5) is 22.1. The second-order valence-electron chi connectivity index (χ2n) is 4.05. The van der Waals surface area contributed by atoms with Gasteiger partial charge in [-0.25, -0.2) is 8.78 Å². The third kappa shape index (κ3) is 5.15. The number of amides is 2. The second kappa shape index (κ2) is 6.76. The number of halogens is 2. The van der Waals surface area contributed by atoms with Crippen molar-refractivity contribution in [2.45, 2.75) is 5.92 Å². The SMILES string of the molecule is NC(=O)c1ccc(/C=C/C(=O)NCC(F)(F)CO)cc1. The van der Waals surface area contributed by atoms with Gasteiger partial charge in [-0.1, -0.05) is 12.1 Å². The number of rotatable bonds is 6. The molecule has 0 aliphatic heterocycles. The van der Waals surface area contributed by atoms with Crippen LogP contribution < -0.4 is 11.1 Å². The van der Waals surface area contributed by atoms with Gasteiger partial charge in [0.1, 0.15) is 6.61 Å². The first-order chi connectivity index (χ1) is 9.34. The number of primary amides is 1. The number of hydrogen-bond acceptors (Lipinski definition) is 3. The molecular weight excluding hydrogens is 270 g/mol. The van der Waals surface area contributed by atoms with Crippen molar-refractivity contribution >= 4 is 17.9 Å². The number of benzene rings is 1. The Balaban J connectivity index is 2.55. The second-order valence-corrected chi connectivity index (χ2v) is 4.05. The fraction of sp³-hybridized carbons (Fsp3) is 0.231. The molecule has 4 N–H and O–H groups in total. The van der Waals surface area contributed by atoms with Crippen molar-refractivity contribution < 1.29 is 23.5 Å². The minimum atomic E-state index is -3.34. The van der Waals surface area contributed by atoms with Crippen LogP contribution in [0.15, 0.2) is 30.3 Å². The van der Waals surface area contributed by atoms with E-state index in [2.05, 4.69) is 0 Å². The molecule has 0 aliphatic rings. The first kappa shape index (κ1) is 15.8. The van der Waals surface area contributed by atoms with E-state index in [1.807, 2.05) is 5.32 Å². The number of nitrogens with two attached hydrogens (primary N) is 1. The van der Waals surface area contributed by atoms with Crippen molar-refractivity contribution in [3.8, 4) is 0 Å². The Labute approximate surface area is 114 Å². The lowest BCUT2D eigenvalue weighted by atomic mass is 10.1. The van der Waals surface area contributed by atoms with E-state index in [0.29, 0.717) is 11.1 Å². The summed E-state index contributed by atoms with van der Waals surface area (Å²) in [5.41, 5.74) is 6.01. The van der Waals surface area contributed by atoms with Crippen molar-refractivity contribution in [1.29, 1.82) is 0 Å². The maximum atomic E-state index is 12.7. The molecule has 0 aromatic heterocycles. The standard InChI is InChI=1S/C13H14F2N2O3/c14-13(15,8-18)7-17-11(19)6-3-9-1-4-10(5-2-9)12(16)20/h1-6,18H,7-8H2,(H2,16,20)(H,17,19)/b6-3+. The smallest absolute Gasteiger partial charge is 0.287 e. The molecule has 0 radical (unpaired) electrons. The zero-order valence-electron chi connectivity index (χ0n) is 10.5. The van der Waals surface area contributed by atoms with Gasteiger partial charge in [-0.05, 0) is 23.8 Å². The van der Waals surface area contributed by atoms with Crippen molar-refractivity contribution in [3.63, 3.8) is 0 Å². The predicted molar refractivity (Wildman–Crippen MR) is 69.0 cm³/mol. The van der Waals surface area contributed by atoms with E-state index in [0.717, 1.165) is 6.08 Å². The van der Waals surface area contributed by atoms with Crippen molar-refractivity contribution in [2.75, 3.05) is 13.2 Å². The zero-order valence-corrected chi connectivity index (χ0v) is 10.5. The zero-order chi connectivity index (χ0) is 15.2. The number of alkyl halides is 2. The Hall–Kier alpha value is -2.28. The number of carbonyl (C=O) groups is 2. The van der Waals surface area contributed by atoms with Gasteiger partial charge in [0.15, 0.2) is 0 Å². The number of hydrogen-bond donors (Lipinski definition) is 3. The third-order valence-corrected chi connectivity index (χ3v) is 2.37. The Morgan fingerprint density at radius 1 is 1.30 bits per heavy atom. The van der Waals surface area contributed by atoms with Gasteiger partial charge in [-0.2, -0.15) is 0 Å². The minimum Gasteiger partial charge on any atom is -0.390 e. The highest BCUT2D eigenvalue weighted by Gasteiger charge is 2.27. The average molecular weight is 284 g/mol. The highest BCUT2D eigenvalue weighted by molar-refractivity contribution is 5.94. The third-order valence-electron chi connectivity index (χ3n) is 2.37. The van der Waals surface area contributed by atoms with Crippen LogP contribution >= 0.6 is 0 Å². The van der Waals surface area contributed by atoms with Crippen LogP contribution in [-0.2, 0) is 4.79 Å². The minimum absolute atomic E-state index is 0.328. The summed E-state index contributed by atoms with van der Waals surface area (Å²) in [6.07, 6.45) is 2.48. The maximum absolute atomic E-state index is 12.7. The molecule has 7 heteroatoms. The fourth-order valence-electron chi connectivity index (χ4n) is 1.26. The summed E-state index contributed by atoms with van der Waals surface area (Å²) in [6, 6.07) is 6.10. The maximum Gasteiger partial charge on any atom is 0.287 e. The molecule has 20 heavy (non-hydrogen) atoms. The Bertz CT molecular complexity index is 513. The molecule has 0 saturated carbocycles. The van der Waals surface area contributed by atoms with Crippen LogP contribution in [0, 0.1) is 0 Å². The Kier molecular flexibility index (Phi) is 5.33. The molecule has 1 aromatic rings. The lowest BCUT2D eigenvalue weighted by Crippen LogP contribution is -2.38. The van der Waals surface area contributed by atoms with Gasteiger partial charge < -0.3 is 16.2 Å². The van der Waals surface area contributed by atoms with Gasteiger partial charge in [0.2, 0.25) is 11.8 Å². The van der Waals surface area contributed by atoms with Crippen LogP contribution in [-0.4, -0.2) is 36.0 Å². The van der Waals surface area contributed by atoms with E-state index in [4.69, 9.17) is 10.8 Å². The summed E-state index contributed by atoms with van der Waals surface area (Å²) < 4.78 is 25.3. The van der Waals surface area contributed by atoms with E-state index in [1.165, 1.54) is 18.2 Å². The molecule has 108 valence electrons. The summed E-state index contributed by atoms with van der Waals surface area (Å²) in [7, 11) is 0. The number of carbonyl (C=O) groups excluding carboxylic acids is 2. The van der Waals surface area contributed by atoms with Gasteiger partial charge >= 0.3 is 0 Å². The molecule has 0 saturated heterocycles. The van der Waals surface area contributed by atoms with Crippen LogP contribution in [0.25, 0.3) is 6.08 Å². The van der Waals surface area contributed by atoms with Gasteiger partial charge in [-0.15, -0.1) is 0 Å². The highest BCUT2D eigenvalue weighted by Crippen LogP contribution is 2.10. The summed E-state index contributed by atoms with van der Waals surface area (Å²) in [6.45, 7) is -2.27. The summed E-state index contributed by atoms with van der Waals surface area (Å²) in [5, 5.41) is 10.3. The molecule has 5 nitrogen and oxygen atoms in total. The highest BCUT2D eigenvalue weighted by atomic mass is 19.3. The number of aliphatic hydroxyl groups excluding tert-OH is 1. The van der Waals surface area contributed by atoms with Crippen molar-refractivity contribution in [2.24, 2.45) is 5.73 Å². The Morgan fingerprint density at radius 2 is 1.90 bits per heavy atom. The molecule has 0 bridgehead atoms. The van der Waals surface area contributed by atoms with E-state index in [1.54, 1.807) is 12.1 Å². The lowest BCUT2D eigenvalue weighted by molar-refractivity contribution is -0.119. The lowest BCUT2D eigenvalue weighted by Gasteiger charge is -2.12. The summed E-state index contributed by atoms with van der Waals surface area (Å²) >= 11 is 0. The molecule has 1 aromatic carbocycles. The molecule has 0 unspecified atom stereocenters. The van der Waals surface area contributed by atoms with E-state index in [9.17, 15) is 18.4 Å². The van der Waals surface area contributed by atoms with Crippen LogP contribution in [0.1, 0.15) is 15.9 Å². The van der Waals surface area contributed by atoms with Crippen molar-refractivity contribution in [3.05, 3.63) is 41.5 Å². The molecule has 0 atom stereocenters. The monoisotopic (exact) mass is 284 g/mol. The van der Waals surface area contributed by atoms with E-state index >= 15 is 0 Å². The topological polar surface area (TPSA) is 92.4 Å². The summed E-state index contributed by atoms with van der Waals surface area (Å²) in [5.74, 6) is -4.62. The first-order valence-electron chi connectivity index (χ1n) is 5.68. The Morgan fingerprint density at radius 3 is 2.40 bits per heavy atom. The molecule has 1 rings (SSSR count). The number of aliphatic hydroxyl groups is 1. The van der Waals surface area contributed by atoms with Crippen molar-refractivity contribution in [1.82, 2.24) is 5.32 Å². The predicted octanol–water partition coefficient (Wildman–Crippen LogP) is 0.542. The average Bonchev–Trinajstić information content (AvgIpc) is 2.43. The fourth-order valence-corrected chi connectivity index (χ4v) is 1.26. The van der Waals surface area contributed by atoms with Crippen LogP contribution in [0.2, 0.25) is 0 Å². The molecule has 2 amide bonds. The van der Waals surface area contributed by atoms with Crippen LogP contribution in [0.3, 0.4) is 0 Å². The quantitative estimate of drug-likeness (QED) is 0.666. The van der Waals surface area contributed by atoms with Crippen LogP contribution in [0.5, 0.6) is 0 Å². The molecule has 0 heterocycles. The van der Waals surface area contributed by atoms with Crippen LogP contribution in [0.4, 0.5) is 8.78 Å². The molecular formula is C13H14F2N2O3. The van der Waals surface area contributed by atoms with Gasteiger partial charge in [0, 0.05) is 11.6 Å². The molecule has 0 fully saturated rings. The van der Waals surface area contributed by atoms with Gasteiger partial charge in [0.25, 0.3) is 5.92 Å². The van der Waals surface area contributed by atoms with Gasteiger partial charge in [0.05, 0.1) is 6.54 Å². The van der Waals surface area contributed by atoms with E-state index < -0.39 is 30.9 Å². The van der Waals surface area contributed by atoms with E-state index in [-0.39, 0.29) is 0 Å².